The van der Waals surface area contributed by atoms with E-state index in [2.05, 4.69) is 27.1 Å². The van der Waals surface area contributed by atoms with E-state index < -0.39 is 15.3 Å². The SMILES string of the molecule is Cc1ccc(-c2ccc3c(c2)CC(NS(=O)(=O)C(C)C)C3)nn1. The number of nitrogens with one attached hydrogen (secondary N) is 1. The van der Waals surface area contributed by atoms with Crippen molar-refractivity contribution in [1.29, 1.82) is 0 Å². The molecule has 1 aliphatic carbocycles. The number of aromatic nitrogens is 2. The number of hydrogen-bond acceptors (Lipinski definition) is 4. The number of sulfonamides is 1. The van der Waals surface area contributed by atoms with Crippen molar-refractivity contribution in [3.63, 3.8) is 0 Å². The lowest BCUT2D eigenvalue weighted by atomic mass is 10.0. The van der Waals surface area contributed by atoms with Crippen LogP contribution < -0.4 is 4.72 Å². The average molecular weight is 331 g/mol. The van der Waals surface area contributed by atoms with E-state index in [-0.39, 0.29) is 6.04 Å². The lowest BCUT2D eigenvalue weighted by molar-refractivity contribution is 0.547. The van der Waals surface area contributed by atoms with Crippen molar-refractivity contribution in [1.82, 2.24) is 14.9 Å². The van der Waals surface area contributed by atoms with Crippen LogP contribution in [0.25, 0.3) is 11.3 Å². The van der Waals surface area contributed by atoms with E-state index in [4.69, 9.17) is 0 Å². The largest absolute Gasteiger partial charge is 0.214 e. The summed E-state index contributed by atoms with van der Waals surface area (Å²) in [6.07, 6.45) is 1.45. The van der Waals surface area contributed by atoms with Gasteiger partial charge in [-0.1, -0.05) is 12.1 Å². The van der Waals surface area contributed by atoms with Crippen molar-refractivity contribution in [2.75, 3.05) is 0 Å². The van der Waals surface area contributed by atoms with Crippen LogP contribution in [0.3, 0.4) is 0 Å². The molecule has 1 atom stereocenters. The second-order valence-electron chi connectivity index (χ2n) is 6.36. The van der Waals surface area contributed by atoms with E-state index >= 15 is 0 Å². The van der Waals surface area contributed by atoms with Crippen molar-refractivity contribution >= 4 is 10.0 Å². The number of rotatable bonds is 4. The molecule has 1 aromatic carbocycles. The van der Waals surface area contributed by atoms with Gasteiger partial charge in [-0.3, -0.25) is 0 Å². The topological polar surface area (TPSA) is 72.0 Å². The Kier molecular flexibility index (Phi) is 4.21. The second-order valence-corrected chi connectivity index (χ2v) is 8.63. The maximum atomic E-state index is 12.0. The summed E-state index contributed by atoms with van der Waals surface area (Å²) in [6.45, 7) is 5.29. The van der Waals surface area contributed by atoms with Crippen LogP contribution in [0.4, 0.5) is 0 Å². The van der Waals surface area contributed by atoms with Gasteiger partial charge in [0.2, 0.25) is 10.0 Å². The summed E-state index contributed by atoms with van der Waals surface area (Å²) < 4.78 is 26.9. The minimum atomic E-state index is -3.24. The molecule has 0 saturated heterocycles. The van der Waals surface area contributed by atoms with Gasteiger partial charge in [0, 0.05) is 11.6 Å². The van der Waals surface area contributed by atoms with E-state index in [1.807, 2.05) is 25.1 Å². The third-order valence-electron chi connectivity index (χ3n) is 4.18. The predicted octanol–water partition coefficient (Wildman–Crippen LogP) is 2.25. The number of aryl methyl sites for hydroxylation is 1. The fourth-order valence-corrected chi connectivity index (χ4v) is 3.69. The van der Waals surface area contributed by atoms with Gasteiger partial charge in [0.25, 0.3) is 0 Å². The van der Waals surface area contributed by atoms with Crippen LogP contribution in [0.2, 0.25) is 0 Å². The molecule has 1 aromatic heterocycles. The van der Waals surface area contributed by atoms with Gasteiger partial charge in [-0.15, -0.1) is 0 Å². The average Bonchev–Trinajstić information content (AvgIpc) is 2.88. The summed E-state index contributed by atoms with van der Waals surface area (Å²) in [7, 11) is -3.24. The molecule has 0 radical (unpaired) electrons. The van der Waals surface area contributed by atoms with Gasteiger partial charge in [0.15, 0.2) is 0 Å². The van der Waals surface area contributed by atoms with E-state index in [1.165, 1.54) is 11.1 Å². The van der Waals surface area contributed by atoms with Crippen molar-refractivity contribution < 1.29 is 8.42 Å². The van der Waals surface area contributed by atoms with Gasteiger partial charge in [0.1, 0.15) is 0 Å². The first kappa shape index (κ1) is 16.1. The van der Waals surface area contributed by atoms with Crippen molar-refractivity contribution in [2.24, 2.45) is 0 Å². The standard InChI is InChI=1S/C17H21N3O2S/c1-11(2)23(21,22)20-16-9-13-5-6-14(8-15(13)10-16)17-7-4-12(3)18-19-17/h4-8,11,16,20H,9-10H2,1-3H3. The summed E-state index contributed by atoms with van der Waals surface area (Å²) in [5, 5.41) is 7.89. The van der Waals surface area contributed by atoms with Gasteiger partial charge < -0.3 is 0 Å². The van der Waals surface area contributed by atoms with Gasteiger partial charge in [0.05, 0.1) is 16.6 Å². The Morgan fingerprint density at radius 3 is 2.48 bits per heavy atom. The number of benzene rings is 1. The highest BCUT2D eigenvalue weighted by Crippen LogP contribution is 2.27. The third kappa shape index (κ3) is 3.43. The first-order chi connectivity index (χ1) is 10.8. The molecule has 1 N–H and O–H groups in total. The van der Waals surface area contributed by atoms with Crippen molar-refractivity contribution in [3.05, 3.63) is 47.2 Å². The molecule has 5 nitrogen and oxygen atoms in total. The normalized spacial score (nSPS) is 17.5. The minimum absolute atomic E-state index is 0.0586. The Hall–Kier alpha value is -1.79. The molecular weight excluding hydrogens is 310 g/mol. The summed E-state index contributed by atoms with van der Waals surface area (Å²) in [6, 6.07) is 10.0. The fourth-order valence-electron chi connectivity index (χ4n) is 2.78. The van der Waals surface area contributed by atoms with E-state index in [1.54, 1.807) is 13.8 Å². The zero-order valence-corrected chi connectivity index (χ0v) is 14.4. The minimum Gasteiger partial charge on any atom is -0.212 e. The van der Waals surface area contributed by atoms with Gasteiger partial charge in [-0.05, 0) is 62.9 Å². The molecule has 0 fully saturated rings. The first-order valence-corrected chi connectivity index (χ1v) is 9.33. The predicted molar refractivity (Wildman–Crippen MR) is 90.6 cm³/mol. The molecule has 1 unspecified atom stereocenters. The molecule has 0 spiro atoms. The first-order valence-electron chi connectivity index (χ1n) is 7.79. The number of fused-ring (bicyclic) bond motifs is 1. The van der Waals surface area contributed by atoms with Crippen LogP contribution in [0.1, 0.15) is 30.7 Å². The molecule has 122 valence electrons. The molecule has 0 amide bonds. The smallest absolute Gasteiger partial charge is 0.212 e. The molecule has 0 saturated carbocycles. The Balaban J connectivity index is 1.80. The molecule has 0 aliphatic heterocycles. The maximum Gasteiger partial charge on any atom is 0.214 e. The molecular formula is C17H21N3O2S. The fraction of sp³-hybridized carbons (Fsp3) is 0.412. The zero-order valence-electron chi connectivity index (χ0n) is 13.6. The lowest BCUT2D eigenvalue weighted by Gasteiger charge is -2.14. The molecule has 3 rings (SSSR count). The highest BCUT2D eigenvalue weighted by molar-refractivity contribution is 7.90. The third-order valence-corrected chi connectivity index (χ3v) is 6.09. The van der Waals surface area contributed by atoms with Crippen LogP contribution in [0.5, 0.6) is 0 Å². The molecule has 2 aromatic rings. The lowest BCUT2D eigenvalue weighted by Crippen LogP contribution is -2.39. The van der Waals surface area contributed by atoms with E-state index in [0.717, 1.165) is 23.4 Å². The summed E-state index contributed by atoms with van der Waals surface area (Å²) >= 11 is 0. The van der Waals surface area contributed by atoms with Gasteiger partial charge in [-0.25, -0.2) is 13.1 Å². The van der Waals surface area contributed by atoms with Crippen LogP contribution in [-0.2, 0) is 22.9 Å². The Labute approximate surface area is 137 Å². The van der Waals surface area contributed by atoms with Crippen LogP contribution in [0, 0.1) is 6.92 Å². The molecule has 23 heavy (non-hydrogen) atoms. The summed E-state index contributed by atoms with van der Waals surface area (Å²) in [4.78, 5) is 0. The Bertz CT molecular complexity index is 814. The maximum absolute atomic E-state index is 12.0. The monoisotopic (exact) mass is 331 g/mol. The number of nitrogens with zero attached hydrogens (tertiary/aromatic N) is 2. The van der Waals surface area contributed by atoms with Gasteiger partial charge in [-0.2, -0.15) is 10.2 Å². The highest BCUT2D eigenvalue weighted by atomic mass is 32.2. The van der Waals surface area contributed by atoms with Crippen molar-refractivity contribution in [2.45, 2.75) is 44.9 Å². The molecule has 0 bridgehead atoms. The van der Waals surface area contributed by atoms with Crippen molar-refractivity contribution in [3.8, 4) is 11.3 Å². The highest BCUT2D eigenvalue weighted by Gasteiger charge is 2.27. The zero-order chi connectivity index (χ0) is 16.6. The quantitative estimate of drug-likeness (QED) is 0.933. The summed E-state index contributed by atoms with van der Waals surface area (Å²) in [5.41, 5.74) is 5.12. The Morgan fingerprint density at radius 2 is 1.83 bits per heavy atom. The molecule has 6 heteroatoms. The molecule has 1 heterocycles. The van der Waals surface area contributed by atoms with Crippen LogP contribution in [0.15, 0.2) is 30.3 Å². The second kappa shape index (κ2) is 6.02. The van der Waals surface area contributed by atoms with Gasteiger partial charge >= 0.3 is 0 Å². The van der Waals surface area contributed by atoms with E-state index in [0.29, 0.717) is 6.42 Å². The van der Waals surface area contributed by atoms with Crippen LogP contribution >= 0.6 is 0 Å². The number of hydrogen-bond donors (Lipinski definition) is 1. The van der Waals surface area contributed by atoms with E-state index in [9.17, 15) is 8.42 Å². The summed E-state index contributed by atoms with van der Waals surface area (Å²) in [5.74, 6) is 0. The van der Waals surface area contributed by atoms with Crippen LogP contribution in [-0.4, -0.2) is 29.9 Å². The molecule has 1 aliphatic rings. The Morgan fingerprint density at radius 1 is 1.09 bits per heavy atom.